The first-order valence-electron chi connectivity index (χ1n) is 5.33. The zero-order valence-electron chi connectivity index (χ0n) is 10.2. The van der Waals surface area contributed by atoms with Gasteiger partial charge in [-0.2, -0.15) is 9.36 Å². The molecule has 96 valence electrons. The molecule has 0 fully saturated rings. The number of aromatic nitrogens is 2. The summed E-state index contributed by atoms with van der Waals surface area (Å²) in [6.45, 7) is 6.08. The third-order valence-corrected chi connectivity index (χ3v) is 3.17. The van der Waals surface area contributed by atoms with Gasteiger partial charge >= 0.3 is 0 Å². The van der Waals surface area contributed by atoms with Crippen molar-refractivity contribution in [2.45, 2.75) is 26.2 Å². The number of rotatable bonds is 2. The quantitative estimate of drug-likeness (QED) is 0.811. The van der Waals surface area contributed by atoms with E-state index in [0.29, 0.717) is 15.4 Å². The molecule has 0 amide bonds. The first-order chi connectivity index (χ1) is 8.34. The minimum Gasteiger partial charge on any atom is -0.430 e. The molecule has 0 spiro atoms. The summed E-state index contributed by atoms with van der Waals surface area (Å²) in [5, 5.41) is 0.414. The van der Waals surface area contributed by atoms with Crippen molar-refractivity contribution in [2.24, 2.45) is 0 Å². The third kappa shape index (κ3) is 3.26. The number of hydrogen-bond donors (Lipinski definition) is 0. The standard InChI is InChI=1S/C12H12BrFN2OS/c1-12(2,3)10-15-11(18-16-10)17-9-5-7(13)4-8(14)6-9/h4-6H,1-3H3. The second-order valence-corrected chi connectivity index (χ2v) is 6.47. The molecule has 0 atom stereocenters. The van der Waals surface area contributed by atoms with E-state index >= 15 is 0 Å². The van der Waals surface area contributed by atoms with Crippen LogP contribution >= 0.6 is 27.5 Å². The number of nitrogens with zero attached hydrogens (tertiary/aromatic N) is 2. The smallest absolute Gasteiger partial charge is 0.298 e. The second-order valence-electron chi connectivity index (χ2n) is 4.84. The highest BCUT2D eigenvalue weighted by Gasteiger charge is 2.20. The van der Waals surface area contributed by atoms with Crippen molar-refractivity contribution >= 4 is 27.5 Å². The highest BCUT2D eigenvalue weighted by atomic mass is 79.9. The molecule has 2 rings (SSSR count). The Morgan fingerprint density at radius 3 is 2.56 bits per heavy atom. The Morgan fingerprint density at radius 2 is 2.00 bits per heavy atom. The van der Waals surface area contributed by atoms with Crippen molar-refractivity contribution in [3.8, 4) is 10.9 Å². The summed E-state index contributed by atoms with van der Waals surface area (Å²) in [5.74, 6) is 0.761. The minimum absolute atomic E-state index is 0.124. The summed E-state index contributed by atoms with van der Waals surface area (Å²) in [5.41, 5.74) is -0.124. The van der Waals surface area contributed by atoms with Gasteiger partial charge in [0.1, 0.15) is 11.6 Å². The molecule has 1 aromatic heterocycles. The van der Waals surface area contributed by atoms with E-state index in [1.165, 1.54) is 12.1 Å². The molecule has 1 aromatic carbocycles. The van der Waals surface area contributed by atoms with Crippen LogP contribution in [0.5, 0.6) is 10.9 Å². The van der Waals surface area contributed by atoms with E-state index in [1.54, 1.807) is 6.07 Å². The molecule has 0 aliphatic rings. The van der Waals surface area contributed by atoms with E-state index in [4.69, 9.17) is 4.74 Å². The Hall–Kier alpha value is -1.01. The van der Waals surface area contributed by atoms with E-state index in [-0.39, 0.29) is 11.2 Å². The first-order valence-corrected chi connectivity index (χ1v) is 6.89. The maximum Gasteiger partial charge on any atom is 0.298 e. The first kappa shape index (κ1) is 13.4. The van der Waals surface area contributed by atoms with Gasteiger partial charge in [-0.3, -0.25) is 0 Å². The molecule has 2 aromatic rings. The number of benzene rings is 1. The molecule has 0 N–H and O–H groups in total. The van der Waals surface area contributed by atoms with Crippen LogP contribution in [0.25, 0.3) is 0 Å². The van der Waals surface area contributed by atoms with Crippen LogP contribution in [0.1, 0.15) is 26.6 Å². The van der Waals surface area contributed by atoms with Crippen LogP contribution < -0.4 is 4.74 Å². The zero-order valence-corrected chi connectivity index (χ0v) is 12.6. The highest BCUT2D eigenvalue weighted by Crippen LogP contribution is 2.29. The van der Waals surface area contributed by atoms with Crippen molar-refractivity contribution in [3.63, 3.8) is 0 Å². The average Bonchev–Trinajstić information content (AvgIpc) is 2.63. The number of hydrogen-bond acceptors (Lipinski definition) is 4. The van der Waals surface area contributed by atoms with Gasteiger partial charge in [0, 0.05) is 27.5 Å². The Balaban J connectivity index is 2.21. The Morgan fingerprint density at radius 1 is 1.28 bits per heavy atom. The van der Waals surface area contributed by atoms with E-state index in [9.17, 15) is 4.39 Å². The lowest BCUT2D eigenvalue weighted by molar-refractivity contribution is 0.463. The van der Waals surface area contributed by atoms with Gasteiger partial charge in [0.15, 0.2) is 5.82 Å². The van der Waals surface area contributed by atoms with Gasteiger partial charge in [-0.15, -0.1) is 0 Å². The molecule has 0 bridgehead atoms. The van der Waals surface area contributed by atoms with E-state index in [0.717, 1.165) is 17.4 Å². The summed E-state index contributed by atoms with van der Waals surface area (Å²) in [6, 6.07) is 4.36. The Bertz CT molecular complexity index is 545. The fourth-order valence-corrected chi connectivity index (χ4v) is 2.43. The molecule has 1 heterocycles. The zero-order chi connectivity index (χ0) is 13.3. The van der Waals surface area contributed by atoms with Gasteiger partial charge < -0.3 is 4.74 Å². The maximum absolute atomic E-state index is 13.2. The molecular formula is C12H12BrFN2OS. The predicted molar refractivity (Wildman–Crippen MR) is 72.8 cm³/mol. The van der Waals surface area contributed by atoms with Gasteiger partial charge in [-0.05, 0) is 12.1 Å². The lowest BCUT2D eigenvalue weighted by Gasteiger charge is -2.12. The summed E-state index contributed by atoms with van der Waals surface area (Å²) < 4.78 is 23.5. The third-order valence-electron chi connectivity index (χ3n) is 2.12. The van der Waals surface area contributed by atoms with E-state index in [1.807, 2.05) is 20.8 Å². The molecule has 3 nitrogen and oxygen atoms in total. The van der Waals surface area contributed by atoms with Gasteiger partial charge in [0.2, 0.25) is 0 Å². The second kappa shape index (κ2) is 4.93. The maximum atomic E-state index is 13.2. The van der Waals surface area contributed by atoms with Crippen LogP contribution in [0, 0.1) is 5.82 Å². The van der Waals surface area contributed by atoms with Crippen LogP contribution in [0.3, 0.4) is 0 Å². The molecule has 0 saturated carbocycles. The lowest BCUT2D eigenvalue weighted by Crippen LogP contribution is -2.12. The monoisotopic (exact) mass is 330 g/mol. The normalized spacial score (nSPS) is 11.6. The van der Waals surface area contributed by atoms with Crippen LogP contribution in [0.2, 0.25) is 0 Å². The Labute approximate surface area is 117 Å². The van der Waals surface area contributed by atoms with Crippen molar-refractivity contribution in [1.29, 1.82) is 0 Å². The largest absolute Gasteiger partial charge is 0.430 e. The fraction of sp³-hybridized carbons (Fsp3) is 0.333. The van der Waals surface area contributed by atoms with Crippen molar-refractivity contribution in [1.82, 2.24) is 9.36 Å². The van der Waals surface area contributed by atoms with Crippen molar-refractivity contribution in [3.05, 3.63) is 34.3 Å². The van der Waals surface area contributed by atoms with Gasteiger partial charge in [0.25, 0.3) is 5.19 Å². The summed E-state index contributed by atoms with van der Waals surface area (Å²) in [6.07, 6.45) is 0. The van der Waals surface area contributed by atoms with Crippen molar-refractivity contribution in [2.75, 3.05) is 0 Å². The molecule has 0 radical (unpaired) electrons. The molecule has 0 unspecified atom stereocenters. The highest BCUT2D eigenvalue weighted by molar-refractivity contribution is 9.10. The molecule has 6 heteroatoms. The summed E-state index contributed by atoms with van der Waals surface area (Å²) in [7, 11) is 0. The van der Waals surface area contributed by atoms with Crippen LogP contribution in [0.4, 0.5) is 4.39 Å². The molecular weight excluding hydrogens is 319 g/mol. The SMILES string of the molecule is CC(C)(C)c1nsc(Oc2cc(F)cc(Br)c2)n1. The Kier molecular flexibility index (Phi) is 3.68. The fourth-order valence-electron chi connectivity index (χ4n) is 1.24. The number of halogens is 2. The van der Waals surface area contributed by atoms with Crippen LogP contribution in [-0.2, 0) is 5.41 Å². The minimum atomic E-state index is -0.361. The van der Waals surface area contributed by atoms with E-state index < -0.39 is 0 Å². The molecule has 18 heavy (non-hydrogen) atoms. The van der Waals surface area contributed by atoms with Gasteiger partial charge in [-0.25, -0.2) is 4.39 Å². The van der Waals surface area contributed by atoms with Gasteiger partial charge in [-0.1, -0.05) is 36.7 Å². The topological polar surface area (TPSA) is 35.0 Å². The summed E-state index contributed by atoms with van der Waals surface area (Å²) in [4.78, 5) is 4.28. The lowest BCUT2D eigenvalue weighted by atomic mass is 9.96. The molecule has 0 aliphatic heterocycles. The molecule has 0 saturated heterocycles. The summed E-state index contributed by atoms with van der Waals surface area (Å²) >= 11 is 4.37. The average molecular weight is 331 g/mol. The van der Waals surface area contributed by atoms with Crippen LogP contribution in [0.15, 0.2) is 22.7 Å². The predicted octanol–water partition coefficient (Wildman–Crippen LogP) is 4.53. The molecule has 0 aliphatic carbocycles. The van der Waals surface area contributed by atoms with Crippen LogP contribution in [-0.4, -0.2) is 9.36 Å². The van der Waals surface area contributed by atoms with Crippen molar-refractivity contribution < 1.29 is 9.13 Å². The number of ether oxygens (including phenoxy) is 1. The van der Waals surface area contributed by atoms with E-state index in [2.05, 4.69) is 25.3 Å². The van der Waals surface area contributed by atoms with Gasteiger partial charge in [0.05, 0.1) is 0 Å².